The fraction of sp³-hybridized carbons (Fsp3) is 0.600. The number of rotatable bonds is 4. The molecule has 1 aliphatic rings. The summed E-state index contributed by atoms with van der Waals surface area (Å²) >= 11 is 3.46. The summed E-state index contributed by atoms with van der Waals surface area (Å²) < 4.78 is 14.0. The van der Waals surface area contributed by atoms with E-state index in [0.29, 0.717) is 6.04 Å². The van der Waals surface area contributed by atoms with Crippen LogP contribution in [0.1, 0.15) is 31.7 Å². The number of hydrogen-bond acceptors (Lipinski definition) is 1. The number of halogens is 2. The fourth-order valence-corrected chi connectivity index (χ4v) is 3.56. The molecule has 0 radical (unpaired) electrons. The Morgan fingerprint density at radius 2 is 2.22 bits per heavy atom. The van der Waals surface area contributed by atoms with E-state index in [1.807, 2.05) is 13.1 Å². The molecule has 3 heteroatoms. The number of likely N-dealkylation sites (N-methyl/N-ethyl adjacent to an activating group) is 1. The Labute approximate surface area is 117 Å². The minimum Gasteiger partial charge on any atom is -0.316 e. The normalized spacial score (nSPS) is 25.3. The molecule has 2 rings (SSSR count). The van der Waals surface area contributed by atoms with Gasteiger partial charge in [0.05, 0.1) is 0 Å². The second kappa shape index (κ2) is 6.16. The third kappa shape index (κ3) is 3.33. The average molecular weight is 314 g/mol. The molecule has 1 aromatic carbocycles. The lowest BCUT2D eigenvalue weighted by Crippen LogP contribution is -2.34. The second-order valence-corrected chi connectivity index (χ2v) is 6.37. The highest BCUT2D eigenvalue weighted by atomic mass is 79.9. The largest absolute Gasteiger partial charge is 0.316 e. The van der Waals surface area contributed by atoms with Crippen molar-refractivity contribution in [1.29, 1.82) is 0 Å². The van der Waals surface area contributed by atoms with Crippen molar-refractivity contribution >= 4 is 15.9 Å². The summed E-state index contributed by atoms with van der Waals surface area (Å²) in [5.74, 6) is 1.42. The van der Waals surface area contributed by atoms with Crippen LogP contribution in [-0.4, -0.2) is 13.1 Å². The highest BCUT2D eigenvalue weighted by Gasteiger charge is 2.28. The van der Waals surface area contributed by atoms with Gasteiger partial charge >= 0.3 is 0 Å². The molecule has 0 aromatic heterocycles. The molecule has 18 heavy (non-hydrogen) atoms. The van der Waals surface area contributed by atoms with Crippen LogP contribution >= 0.6 is 15.9 Å². The Balaban J connectivity index is 2.05. The zero-order valence-corrected chi connectivity index (χ0v) is 12.6. The molecule has 100 valence electrons. The summed E-state index contributed by atoms with van der Waals surface area (Å²) in [6.45, 7) is 2.33. The van der Waals surface area contributed by atoms with Gasteiger partial charge in [0.25, 0.3) is 0 Å². The van der Waals surface area contributed by atoms with Crippen LogP contribution in [0.5, 0.6) is 0 Å². The maximum absolute atomic E-state index is 13.1. The summed E-state index contributed by atoms with van der Waals surface area (Å²) in [5.41, 5.74) is 1.19. The van der Waals surface area contributed by atoms with Crippen LogP contribution in [0.2, 0.25) is 0 Å². The van der Waals surface area contributed by atoms with Gasteiger partial charge < -0.3 is 5.32 Å². The third-order valence-corrected chi connectivity index (χ3v) is 4.87. The SMILES string of the molecule is CNC(Cc1ccc(F)cc1Br)C1CCC(C)C1. The lowest BCUT2D eigenvalue weighted by Gasteiger charge is -2.23. The van der Waals surface area contributed by atoms with Crippen molar-refractivity contribution in [3.05, 3.63) is 34.1 Å². The van der Waals surface area contributed by atoms with Crippen molar-refractivity contribution in [1.82, 2.24) is 5.32 Å². The van der Waals surface area contributed by atoms with Crippen LogP contribution in [0.3, 0.4) is 0 Å². The Bertz CT molecular complexity index is 407. The molecule has 1 nitrogen and oxygen atoms in total. The first-order valence-electron chi connectivity index (χ1n) is 6.71. The lowest BCUT2D eigenvalue weighted by atomic mass is 9.91. The van der Waals surface area contributed by atoms with Crippen molar-refractivity contribution < 1.29 is 4.39 Å². The Hall–Kier alpha value is -0.410. The Morgan fingerprint density at radius 1 is 1.44 bits per heavy atom. The van der Waals surface area contributed by atoms with Crippen LogP contribution in [0.15, 0.2) is 22.7 Å². The molecule has 0 amide bonds. The first-order chi connectivity index (χ1) is 8.60. The van der Waals surface area contributed by atoms with E-state index in [0.717, 1.165) is 22.7 Å². The number of benzene rings is 1. The van der Waals surface area contributed by atoms with Crippen LogP contribution in [0.25, 0.3) is 0 Å². The topological polar surface area (TPSA) is 12.0 Å². The smallest absolute Gasteiger partial charge is 0.124 e. The van der Waals surface area contributed by atoms with E-state index in [-0.39, 0.29) is 5.82 Å². The average Bonchev–Trinajstić information content (AvgIpc) is 2.75. The molecule has 3 unspecified atom stereocenters. The van der Waals surface area contributed by atoms with Gasteiger partial charge in [-0.05, 0) is 55.8 Å². The van der Waals surface area contributed by atoms with Crippen LogP contribution < -0.4 is 5.32 Å². The van der Waals surface area contributed by atoms with E-state index >= 15 is 0 Å². The quantitative estimate of drug-likeness (QED) is 0.880. The minimum atomic E-state index is -0.180. The molecule has 0 aliphatic heterocycles. The van der Waals surface area contributed by atoms with E-state index < -0.39 is 0 Å². The van der Waals surface area contributed by atoms with Crippen molar-refractivity contribution in [2.24, 2.45) is 11.8 Å². The first-order valence-corrected chi connectivity index (χ1v) is 7.50. The summed E-state index contributed by atoms with van der Waals surface area (Å²) in [5, 5.41) is 3.44. The van der Waals surface area contributed by atoms with Gasteiger partial charge in [-0.1, -0.05) is 35.3 Å². The van der Waals surface area contributed by atoms with Gasteiger partial charge in [0.15, 0.2) is 0 Å². The molecule has 0 heterocycles. The van der Waals surface area contributed by atoms with Crippen molar-refractivity contribution in [2.45, 2.75) is 38.6 Å². The molecule has 1 N–H and O–H groups in total. The molecule has 1 saturated carbocycles. The lowest BCUT2D eigenvalue weighted by molar-refractivity contribution is 0.367. The molecule has 1 fully saturated rings. The highest BCUT2D eigenvalue weighted by Crippen LogP contribution is 2.34. The molecule has 1 aliphatic carbocycles. The van der Waals surface area contributed by atoms with Gasteiger partial charge in [0.1, 0.15) is 5.82 Å². The number of hydrogen-bond donors (Lipinski definition) is 1. The molecular weight excluding hydrogens is 293 g/mol. The van der Waals surface area contributed by atoms with Gasteiger partial charge in [0.2, 0.25) is 0 Å². The zero-order chi connectivity index (χ0) is 13.1. The minimum absolute atomic E-state index is 0.180. The van der Waals surface area contributed by atoms with Gasteiger partial charge in [-0.3, -0.25) is 0 Å². The highest BCUT2D eigenvalue weighted by molar-refractivity contribution is 9.10. The molecular formula is C15H21BrFN. The maximum atomic E-state index is 13.1. The summed E-state index contributed by atoms with van der Waals surface area (Å²) in [6.07, 6.45) is 4.93. The standard InChI is InChI=1S/C15H21BrFN/c1-10-3-4-12(7-10)15(18-2)8-11-5-6-13(17)9-14(11)16/h5-6,9-10,12,15,18H,3-4,7-8H2,1-2H3. The van der Waals surface area contributed by atoms with Crippen LogP contribution in [0.4, 0.5) is 4.39 Å². The molecule has 0 spiro atoms. The monoisotopic (exact) mass is 313 g/mol. The first kappa shape index (κ1) is 14.0. The van der Waals surface area contributed by atoms with Crippen LogP contribution in [-0.2, 0) is 6.42 Å². The van der Waals surface area contributed by atoms with Crippen LogP contribution in [0, 0.1) is 17.7 Å². The van der Waals surface area contributed by atoms with E-state index in [9.17, 15) is 4.39 Å². The number of nitrogens with one attached hydrogen (secondary N) is 1. The van der Waals surface area contributed by atoms with Gasteiger partial charge in [-0.25, -0.2) is 4.39 Å². The van der Waals surface area contributed by atoms with E-state index in [1.54, 1.807) is 12.1 Å². The molecule has 3 atom stereocenters. The predicted octanol–water partition coefficient (Wildman–Crippen LogP) is 4.15. The summed E-state index contributed by atoms with van der Waals surface area (Å²) in [6, 6.07) is 5.49. The van der Waals surface area contributed by atoms with E-state index in [4.69, 9.17) is 0 Å². The summed E-state index contributed by atoms with van der Waals surface area (Å²) in [7, 11) is 2.03. The van der Waals surface area contributed by atoms with Crippen molar-refractivity contribution in [3.8, 4) is 0 Å². The van der Waals surface area contributed by atoms with Crippen molar-refractivity contribution in [3.63, 3.8) is 0 Å². The van der Waals surface area contributed by atoms with E-state index in [1.165, 1.54) is 24.8 Å². The second-order valence-electron chi connectivity index (χ2n) is 5.51. The fourth-order valence-electron chi connectivity index (χ4n) is 3.05. The molecule has 0 saturated heterocycles. The van der Waals surface area contributed by atoms with E-state index in [2.05, 4.69) is 28.2 Å². The maximum Gasteiger partial charge on any atom is 0.124 e. The third-order valence-electron chi connectivity index (χ3n) is 4.13. The van der Waals surface area contributed by atoms with Gasteiger partial charge in [-0.15, -0.1) is 0 Å². The van der Waals surface area contributed by atoms with Crippen molar-refractivity contribution in [2.75, 3.05) is 7.05 Å². The van der Waals surface area contributed by atoms with Gasteiger partial charge in [-0.2, -0.15) is 0 Å². The zero-order valence-electron chi connectivity index (χ0n) is 11.0. The molecule has 1 aromatic rings. The Kier molecular flexibility index (Phi) is 4.79. The molecule has 0 bridgehead atoms. The van der Waals surface area contributed by atoms with Gasteiger partial charge in [0, 0.05) is 10.5 Å². The predicted molar refractivity (Wildman–Crippen MR) is 77.2 cm³/mol. The Morgan fingerprint density at radius 3 is 2.78 bits per heavy atom. The summed E-state index contributed by atoms with van der Waals surface area (Å²) in [4.78, 5) is 0.